The second-order valence-electron chi connectivity index (χ2n) is 7.46. The van der Waals surface area contributed by atoms with Crippen LogP contribution in [0.5, 0.6) is 5.88 Å². The van der Waals surface area contributed by atoms with E-state index in [0.29, 0.717) is 24.5 Å². The maximum atomic E-state index is 12.8. The number of aromatic amines is 1. The monoisotopic (exact) mass is 425 g/mol. The highest BCUT2D eigenvalue weighted by atomic mass is 16.5. The molecule has 1 aromatic carbocycles. The van der Waals surface area contributed by atoms with Crippen LogP contribution in [0.4, 0.5) is 5.69 Å². The lowest BCUT2D eigenvalue weighted by molar-refractivity contribution is -0.135. The van der Waals surface area contributed by atoms with Crippen LogP contribution in [0.15, 0.2) is 36.5 Å². The van der Waals surface area contributed by atoms with E-state index in [2.05, 4.69) is 25.8 Å². The van der Waals surface area contributed by atoms with E-state index in [-0.39, 0.29) is 12.0 Å². The van der Waals surface area contributed by atoms with Crippen LogP contribution in [0.1, 0.15) is 34.1 Å². The van der Waals surface area contributed by atoms with E-state index in [0.717, 1.165) is 28.7 Å². The smallest absolute Gasteiger partial charge is 0.257 e. The molecule has 1 saturated heterocycles. The first-order chi connectivity index (χ1) is 15.0. The van der Waals surface area contributed by atoms with E-state index >= 15 is 0 Å². The standard InChI is InChI=1S/C21H25N5O3.C2H6/c1-13(2)29-18-7-4-14(11-23-18)19-16-10-15(5-6-17(16)25-26-19)24-20(27)21(28-3)8-9-22-12-21;1-2/h4-7,10-11,13,22H,8-9,12H2,1-3H3,(H,24,27)(H,25,26);1-2H3/t21-;/m0./s1. The number of methoxy groups -OCH3 is 1. The van der Waals surface area contributed by atoms with Gasteiger partial charge in [-0.25, -0.2) is 4.98 Å². The maximum Gasteiger partial charge on any atom is 0.257 e. The number of hydrogen-bond acceptors (Lipinski definition) is 6. The Morgan fingerprint density at radius 1 is 1.23 bits per heavy atom. The van der Waals surface area contributed by atoms with Crippen molar-refractivity contribution < 1.29 is 14.3 Å². The van der Waals surface area contributed by atoms with Crippen molar-refractivity contribution in [3.8, 4) is 17.1 Å². The molecule has 1 atom stereocenters. The molecule has 1 aliphatic rings. The number of rotatable bonds is 6. The molecular weight excluding hydrogens is 394 g/mol. The van der Waals surface area contributed by atoms with Gasteiger partial charge in [0.15, 0.2) is 5.60 Å². The molecule has 0 bridgehead atoms. The van der Waals surface area contributed by atoms with Crippen LogP contribution in [0, 0.1) is 0 Å². The summed E-state index contributed by atoms with van der Waals surface area (Å²) >= 11 is 0. The predicted molar refractivity (Wildman–Crippen MR) is 122 cm³/mol. The van der Waals surface area contributed by atoms with Gasteiger partial charge in [0.2, 0.25) is 5.88 Å². The fourth-order valence-electron chi connectivity index (χ4n) is 3.52. The van der Waals surface area contributed by atoms with Gasteiger partial charge in [0.1, 0.15) is 5.69 Å². The molecule has 2 aromatic heterocycles. The van der Waals surface area contributed by atoms with Crippen molar-refractivity contribution in [3.63, 3.8) is 0 Å². The average Bonchev–Trinajstić information content (AvgIpc) is 3.43. The summed E-state index contributed by atoms with van der Waals surface area (Å²) in [5.74, 6) is 0.429. The number of hydrogen-bond donors (Lipinski definition) is 3. The summed E-state index contributed by atoms with van der Waals surface area (Å²) < 4.78 is 11.1. The molecule has 0 spiro atoms. The number of anilines is 1. The molecule has 0 aliphatic carbocycles. The van der Waals surface area contributed by atoms with Gasteiger partial charge >= 0.3 is 0 Å². The number of nitrogens with zero attached hydrogens (tertiary/aromatic N) is 2. The summed E-state index contributed by atoms with van der Waals surface area (Å²) in [6, 6.07) is 9.42. The first-order valence-electron chi connectivity index (χ1n) is 10.7. The molecule has 1 fully saturated rings. The van der Waals surface area contributed by atoms with Gasteiger partial charge in [0.25, 0.3) is 5.91 Å². The number of carbonyl (C=O) groups excluding carboxylic acids is 1. The third-order valence-electron chi connectivity index (χ3n) is 5.11. The van der Waals surface area contributed by atoms with Crippen molar-refractivity contribution in [2.75, 3.05) is 25.5 Å². The minimum atomic E-state index is -0.829. The van der Waals surface area contributed by atoms with Gasteiger partial charge in [0.05, 0.1) is 11.6 Å². The summed E-state index contributed by atoms with van der Waals surface area (Å²) in [6.07, 6.45) is 2.45. The number of H-pyrrole nitrogens is 1. The Balaban J connectivity index is 0.00000132. The Morgan fingerprint density at radius 3 is 2.65 bits per heavy atom. The molecule has 3 aromatic rings. The van der Waals surface area contributed by atoms with Gasteiger partial charge in [0, 0.05) is 42.6 Å². The number of pyridine rings is 1. The summed E-state index contributed by atoms with van der Waals surface area (Å²) in [7, 11) is 1.57. The second kappa shape index (κ2) is 9.89. The highest BCUT2D eigenvalue weighted by Crippen LogP contribution is 2.30. The van der Waals surface area contributed by atoms with Gasteiger partial charge in [-0.1, -0.05) is 13.8 Å². The SMILES string of the molecule is CC.CO[C@@]1(C(=O)Nc2ccc3[nH]nc(-c4ccc(OC(C)C)nc4)c3c2)CCNC1. The lowest BCUT2D eigenvalue weighted by Gasteiger charge is -2.25. The summed E-state index contributed by atoms with van der Waals surface area (Å²) in [4.78, 5) is 17.2. The predicted octanol–water partition coefficient (Wildman–Crippen LogP) is 3.76. The highest BCUT2D eigenvalue weighted by Gasteiger charge is 2.41. The molecule has 166 valence electrons. The van der Waals surface area contributed by atoms with Crippen LogP contribution in [0.2, 0.25) is 0 Å². The summed E-state index contributed by atoms with van der Waals surface area (Å²) in [5, 5.41) is 14.5. The highest BCUT2D eigenvalue weighted by molar-refractivity contribution is 6.01. The number of nitrogens with one attached hydrogen (secondary N) is 3. The van der Waals surface area contributed by atoms with E-state index in [1.807, 2.05) is 58.0 Å². The molecule has 3 heterocycles. The summed E-state index contributed by atoms with van der Waals surface area (Å²) in [5.41, 5.74) is 2.38. The lowest BCUT2D eigenvalue weighted by Crippen LogP contribution is -2.46. The van der Waals surface area contributed by atoms with E-state index in [1.165, 1.54) is 0 Å². The summed E-state index contributed by atoms with van der Waals surface area (Å²) in [6.45, 7) is 9.19. The molecular formula is C23H31N5O3. The Hall–Kier alpha value is -2.97. The van der Waals surface area contributed by atoms with Crippen molar-refractivity contribution in [1.29, 1.82) is 0 Å². The Kier molecular flexibility index (Phi) is 7.25. The van der Waals surface area contributed by atoms with Crippen LogP contribution in [-0.2, 0) is 9.53 Å². The Bertz CT molecular complexity index is 1010. The van der Waals surface area contributed by atoms with Crippen molar-refractivity contribution in [3.05, 3.63) is 36.5 Å². The first kappa shape index (κ1) is 22.7. The molecule has 8 heteroatoms. The zero-order valence-electron chi connectivity index (χ0n) is 18.8. The Labute approximate surface area is 182 Å². The van der Waals surface area contributed by atoms with Gasteiger partial charge in [-0.15, -0.1) is 0 Å². The zero-order chi connectivity index (χ0) is 22.4. The van der Waals surface area contributed by atoms with E-state index in [4.69, 9.17) is 9.47 Å². The van der Waals surface area contributed by atoms with Crippen LogP contribution in [0.3, 0.4) is 0 Å². The van der Waals surface area contributed by atoms with Crippen molar-refractivity contribution in [1.82, 2.24) is 20.5 Å². The molecule has 31 heavy (non-hydrogen) atoms. The lowest BCUT2D eigenvalue weighted by atomic mass is 10.0. The molecule has 1 amide bonds. The topological polar surface area (TPSA) is 101 Å². The average molecular weight is 426 g/mol. The van der Waals surface area contributed by atoms with Crippen molar-refractivity contribution >= 4 is 22.5 Å². The number of carbonyl (C=O) groups is 1. The van der Waals surface area contributed by atoms with Crippen LogP contribution in [0.25, 0.3) is 22.2 Å². The van der Waals surface area contributed by atoms with Gasteiger partial charge in [-0.3, -0.25) is 9.89 Å². The van der Waals surface area contributed by atoms with Crippen LogP contribution in [-0.4, -0.2) is 53.0 Å². The minimum Gasteiger partial charge on any atom is -0.475 e. The van der Waals surface area contributed by atoms with E-state index in [9.17, 15) is 4.79 Å². The largest absolute Gasteiger partial charge is 0.475 e. The molecule has 0 unspecified atom stereocenters. The fraction of sp³-hybridized carbons (Fsp3) is 0.435. The van der Waals surface area contributed by atoms with Crippen molar-refractivity contribution in [2.24, 2.45) is 0 Å². The van der Waals surface area contributed by atoms with Crippen molar-refractivity contribution in [2.45, 2.75) is 45.8 Å². The zero-order valence-corrected chi connectivity index (χ0v) is 18.8. The second-order valence-corrected chi connectivity index (χ2v) is 7.46. The number of fused-ring (bicyclic) bond motifs is 1. The maximum absolute atomic E-state index is 12.8. The van der Waals surface area contributed by atoms with Gasteiger partial charge in [-0.2, -0.15) is 5.10 Å². The number of aromatic nitrogens is 3. The molecule has 0 saturated carbocycles. The van der Waals surface area contributed by atoms with E-state index in [1.54, 1.807) is 13.3 Å². The molecule has 8 nitrogen and oxygen atoms in total. The number of amides is 1. The molecule has 3 N–H and O–H groups in total. The number of ether oxygens (including phenoxy) is 2. The molecule has 0 radical (unpaired) electrons. The fourth-order valence-corrected chi connectivity index (χ4v) is 3.52. The van der Waals surface area contributed by atoms with Crippen LogP contribution < -0.4 is 15.4 Å². The van der Waals surface area contributed by atoms with Gasteiger partial charge < -0.3 is 20.1 Å². The first-order valence-corrected chi connectivity index (χ1v) is 10.7. The van der Waals surface area contributed by atoms with E-state index < -0.39 is 5.60 Å². The molecule has 4 rings (SSSR count). The quantitative estimate of drug-likeness (QED) is 0.556. The van der Waals surface area contributed by atoms with Crippen LogP contribution >= 0.6 is 0 Å². The minimum absolute atomic E-state index is 0.0659. The third kappa shape index (κ3) is 4.86. The number of benzene rings is 1. The normalized spacial score (nSPS) is 18.0. The molecule has 1 aliphatic heterocycles. The Morgan fingerprint density at radius 2 is 2.03 bits per heavy atom. The van der Waals surface area contributed by atoms with Gasteiger partial charge in [-0.05, 0) is 51.1 Å². The third-order valence-corrected chi connectivity index (χ3v) is 5.11.